The Bertz CT molecular complexity index is 908. The number of hydrogen-bond donors (Lipinski definition) is 1. The maximum atomic E-state index is 2.86. The van der Waals surface area contributed by atoms with Gasteiger partial charge in [0.25, 0.3) is 0 Å². The molecule has 0 amide bonds. The van der Waals surface area contributed by atoms with Crippen molar-refractivity contribution in [3.05, 3.63) is 84.2 Å². The quantitative estimate of drug-likeness (QED) is 0.299. The summed E-state index contributed by atoms with van der Waals surface area (Å²) in [5.41, 5.74) is 3.17. The number of benzene rings is 3. The van der Waals surface area contributed by atoms with E-state index in [1.807, 2.05) is 24.5 Å². The zero-order valence-electron chi connectivity index (χ0n) is 13.6. The number of fused-ring (bicyclic) bond motifs is 5. The summed E-state index contributed by atoms with van der Waals surface area (Å²) in [7, 11) is 0. The Morgan fingerprint density at radius 3 is 2.17 bits per heavy atom. The van der Waals surface area contributed by atoms with Crippen molar-refractivity contribution in [2.45, 2.75) is 25.7 Å². The Morgan fingerprint density at radius 1 is 0.625 bits per heavy atom. The van der Waals surface area contributed by atoms with Crippen molar-refractivity contribution in [3.63, 3.8) is 0 Å². The Hall–Kier alpha value is -2.02. The van der Waals surface area contributed by atoms with E-state index in [1.165, 1.54) is 47.2 Å². The van der Waals surface area contributed by atoms with Crippen molar-refractivity contribution in [2.75, 3.05) is 0 Å². The molecule has 0 atom stereocenters. The molecule has 1 aliphatic rings. The minimum Gasteiger partial charge on any atom is -0.368 e. The van der Waals surface area contributed by atoms with Gasteiger partial charge in [-0.1, -0.05) is 48.5 Å². The molecule has 24 heavy (non-hydrogen) atoms. The van der Waals surface area contributed by atoms with Crippen LogP contribution in [0.25, 0.3) is 21.5 Å². The van der Waals surface area contributed by atoms with E-state index in [-0.39, 0.29) is 17.1 Å². The van der Waals surface area contributed by atoms with E-state index in [4.69, 9.17) is 0 Å². The average molecular weight is 355 g/mol. The van der Waals surface area contributed by atoms with Crippen LogP contribution in [0.1, 0.15) is 24.0 Å². The Morgan fingerprint density at radius 2 is 1.38 bits per heavy atom. The third-order valence-corrected chi connectivity index (χ3v) is 4.75. The van der Waals surface area contributed by atoms with Gasteiger partial charge >= 0.3 is 0 Å². The summed E-state index contributed by atoms with van der Waals surface area (Å²) in [6.07, 6.45) is 8.97. The Balaban J connectivity index is 0.000000245. The van der Waals surface area contributed by atoms with Crippen molar-refractivity contribution in [1.82, 2.24) is 4.98 Å². The van der Waals surface area contributed by atoms with Gasteiger partial charge < -0.3 is 4.98 Å². The van der Waals surface area contributed by atoms with Crippen LogP contribution in [-0.2, 0) is 29.9 Å². The first-order valence-electron chi connectivity index (χ1n) is 8.43. The topological polar surface area (TPSA) is 15.8 Å². The molecule has 0 fully saturated rings. The van der Waals surface area contributed by atoms with Gasteiger partial charge in [-0.15, -0.1) is 0 Å². The van der Waals surface area contributed by atoms with Crippen molar-refractivity contribution < 1.29 is 17.1 Å². The van der Waals surface area contributed by atoms with Gasteiger partial charge in [0, 0.05) is 29.5 Å². The van der Waals surface area contributed by atoms with Crippen LogP contribution in [0, 0.1) is 0 Å². The summed E-state index contributed by atoms with van der Waals surface area (Å²) < 4.78 is 0. The fraction of sp³-hybridized carbons (Fsp3) is 0.182. The molecule has 0 bridgehead atoms. The monoisotopic (exact) mass is 355 g/mol. The van der Waals surface area contributed by atoms with E-state index in [1.54, 1.807) is 11.1 Å². The molecule has 1 N–H and O–H groups in total. The second kappa shape index (κ2) is 7.70. The van der Waals surface area contributed by atoms with E-state index < -0.39 is 0 Å². The molecule has 0 saturated carbocycles. The fourth-order valence-electron chi connectivity index (χ4n) is 3.62. The zero-order valence-corrected chi connectivity index (χ0v) is 14.7. The number of aromatic nitrogens is 1. The molecular weight excluding hydrogens is 334 g/mol. The second-order valence-corrected chi connectivity index (χ2v) is 6.18. The molecule has 4 aromatic rings. The third kappa shape index (κ3) is 3.26. The van der Waals surface area contributed by atoms with Crippen LogP contribution in [0.5, 0.6) is 0 Å². The minimum atomic E-state index is 0. The van der Waals surface area contributed by atoms with Gasteiger partial charge in [-0.05, 0) is 70.5 Å². The van der Waals surface area contributed by atoms with Crippen LogP contribution in [0.15, 0.2) is 73.1 Å². The Labute approximate surface area is 153 Å². The normalized spacial score (nSPS) is 12.8. The van der Waals surface area contributed by atoms with E-state index >= 15 is 0 Å². The SMILES string of the molecule is [Fe].c1cc[nH]c1.c1ccc2c(c1)ccc1c3c(ccc12)CCCC3. The van der Waals surface area contributed by atoms with E-state index in [2.05, 4.69) is 53.5 Å². The molecule has 1 heterocycles. The minimum absolute atomic E-state index is 0. The number of aromatic amines is 1. The fourth-order valence-corrected chi connectivity index (χ4v) is 3.62. The van der Waals surface area contributed by atoms with Crippen LogP contribution in [-0.4, -0.2) is 4.98 Å². The van der Waals surface area contributed by atoms with Gasteiger partial charge in [-0.2, -0.15) is 0 Å². The van der Waals surface area contributed by atoms with Crippen molar-refractivity contribution in [3.8, 4) is 0 Å². The second-order valence-electron chi connectivity index (χ2n) is 6.18. The predicted molar refractivity (Wildman–Crippen MR) is 98.9 cm³/mol. The number of hydrogen-bond acceptors (Lipinski definition) is 0. The van der Waals surface area contributed by atoms with Crippen LogP contribution in [0.2, 0.25) is 0 Å². The summed E-state index contributed by atoms with van der Waals surface area (Å²) in [6, 6.07) is 21.9. The molecule has 0 unspecified atom stereocenters. The van der Waals surface area contributed by atoms with Gasteiger partial charge in [0.2, 0.25) is 0 Å². The third-order valence-electron chi connectivity index (χ3n) is 4.75. The van der Waals surface area contributed by atoms with E-state index in [0.29, 0.717) is 0 Å². The zero-order chi connectivity index (χ0) is 15.5. The maximum absolute atomic E-state index is 2.86. The maximum Gasteiger partial charge on any atom is 0.000496 e. The average Bonchev–Trinajstić information content (AvgIpc) is 3.21. The molecule has 1 aromatic heterocycles. The number of aryl methyl sites for hydroxylation is 2. The number of nitrogens with one attached hydrogen (secondary N) is 1. The smallest absolute Gasteiger partial charge is 0.000496 e. The molecule has 5 rings (SSSR count). The van der Waals surface area contributed by atoms with E-state index in [0.717, 1.165) is 0 Å². The molecule has 2 heteroatoms. The standard InChI is InChI=1S/C18H16.C4H5N.Fe/c1-3-7-15-13(5-1)9-11-18-16-8-4-2-6-14(16)10-12-17(15)18;1-2-4-5-3-1;/h1,3,5,7,9-12H,2,4,6,8H2;1-5H;. The molecule has 1 aliphatic carbocycles. The summed E-state index contributed by atoms with van der Waals surface area (Å²) in [5, 5.41) is 5.64. The summed E-state index contributed by atoms with van der Waals surface area (Å²) >= 11 is 0. The molecular formula is C22H21FeN. The van der Waals surface area contributed by atoms with Crippen molar-refractivity contribution >= 4 is 21.5 Å². The first kappa shape index (κ1) is 16.8. The predicted octanol–water partition coefficient (Wildman–Crippen LogP) is 5.88. The first-order valence-corrected chi connectivity index (χ1v) is 8.43. The molecule has 0 radical (unpaired) electrons. The van der Waals surface area contributed by atoms with Crippen molar-refractivity contribution in [2.24, 2.45) is 0 Å². The van der Waals surface area contributed by atoms with Crippen LogP contribution in [0.4, 0.5) is 0 Å². The van der Waals surface area contributed by atoms with Gasteiger partial charge in [-0.25, -0.2) is 0 Å². The first-order chi connectivity index (χ1) is 11.4. The summed E-state index contributed by atoms with van der Waals surface area (Å²) in [6.45, 7) is 0. The molecule has 122 valence electrons. The van der Waals surface area contributed by atoms with Gasteiger partial charge in [-0.3, -0.25) is 0 Å². The summed E-state index contributed by atoms with van der Waals surface area (Å²) in [4.78, 5) is 2.86. The molecule has 1 nitrogen and oxygen atoms in total. The van der Waals surface area contributed by atoms with Gasteiger partial charge in [0.1, 0.15) is 0 Å². The molecule has 0 saturated heterocycles. The molecule has 3 aromatic carbocycles. The van der Waals surface area contributed by atoms with Crippen LogP contribution >= 0.6 is 0 Å². The molecule has 0 aliphatic heterocycles. The molecule has 0 spiro atoms. The van der Waals surface area contributed by atoms with Gasteiger partial charge in [0.15, 0.2) is 0 Å². The number of H-pyrrole nitrogens is 1. The van der Waals surface area contributed by atoms with E-state index in [9.17, 15) is 0 Å². The van der Waals surface area contributed by atoms with Crippen LogP contribution < -0.4 is 0 Å². The number of rotatable bonds is 0. The van der Waals surface area contributed by atoms with Gasteiger partial charge in [0.05, 0.1) is 0 Å². The largest absolute Gasteiger partial charge is 0.368 e. The summed E-state index contributed by atoms with van der Waals surface area (Å²) in [5.74, 6) is 0. The van der Waals surface area contributed by atoms with Crippen molar-refractivity contribution in [1.29, 1.82) is 0 Å². The Kier molecular flexibility index (Phi) is 5.40. The van der Waals surface area contributed by atoms with Crippen LogP contribution in [0.3, 0.4) is 0 Å².